The van der Waals surface area contributed by atoms with Crippen molar-refractivity contribution in [1.82, 2.24) is 9.80 Å². The largest absolute Gasteiger partial charge is 0.342 e. The summed E-state index contributed by atoms with van der Waals surface area (Å²) in [4.78, 5) is 40.0. The van der Waals surface area contributed by atoms with Gasteiger partial charge < -0.3 is 15.1 Å². The SMILES string of the molecule is CCc1cccc(C)c1NC(=O)C1(C(=O)N2CCN(C=O)CC2)CC1. The number of anilines is 1. The summed E-state index contributed by atoms with van der Waals surface area (Å²) in [5.41, 5.74) is 2.00. The van der Waals surface area contributed by atoms with Gasteiger partial charge in [-0.2, -0.15) is 0 Å². The molecule has 0 atom stereocenters. The maximum atomic E-state index is 12.9. The predicted octanol–water partition coefficient (Wildman–Crippen LogP) is 1.58. The Morgan fingerprint density at radius 2 is 1.88 bits per heavy atom. The Labute approximate surface area is 148 Å². The summed E-state index contributed by atoms with van der Waals surface area (Å²) < 4.78 is 0. The quantitative estimate of drug-likeness (QED) is 0.652. The number of rotatable bonds is 5. The van der Waals surface area contributed by atoms with Crippen LogP contribution in [0.5, 0.6) is 0 Å². The molecule has 0 bridgehead atoms. The second-order valence-corrected chi connectivity index (χ2v) is 6.93. The van der Waals surface area contributed by atoms with Gasteiger partial charge in [0.1, 0.15) is 5.41 Å². The monoisotopic (exact) mass is 343 g/mol. The number of nitrogens with zero attached hydrogens (tertiary/aromatic N) is 2. The first kappa shape index (κ1) is 17.5. The molecule has 0 spiro atoms. The number of benzene rings is 1. The molecule has 1 saturated heterocycles. The Morgan fingerprint density at radius 3 is 2.44 bits per heavy atom. The van der Waals surface area contributed by atoms with Crippen LogP contribution in [0.25, 0.3) is 0 Å². The van der Waals surface area contributed by atoms with Crippen molar-refractivity contribution in [3.05, 3.63) is 29.3 Å². The molecule has 1 aliphatic carbocycles. The van der Waals surface area contributed by atoms with Gasteiger partial charge in [-0.05, 0) is 37.3 Å². The van der Waals surface area contributed by atoms with Gasteiger partial charge in [-0.25, -0.2) is 0 Å². The number of amides is 3. The third kappa shape index (κ3) is 3.25. The van der Waals surface area contributed by atoms with Crippen LogP contribution in [0.2, 0.25) is 0 Å². The standard InChI is InChI=1S/C19H25N3O3/c1-3-15-6-4-5-14(2)16(15)20-17(24)19(7-8-19)18(25)22-11-9-21(13-23)10-12-22/h4-6,13H,3,7-12H2,1-2H3,(H,20,24). The minimum absolute atomic E-state index is 0.0952. The lowest BCUT2D eigenvalue weighted by Gasteiger charge is -2.34. The van der Waals surface area contributed by atoms with Gasteiger partial charge in [0.15, 0.2) is 0 Å². The highest BCUT2D eigenvalue weighted by Crippen LogP contribution is 2.48. The minimum Gasteiger partial charge on any atom is -0.342 e. The molecule has 1 saturated carbocycles. The van der Waals surface area contributed by atoms with Crippen molar-refractivity contribution in [3.8, 4) is 0 Å². The van der Waals surface area contributed by atoms with E-state index in [0.717, 1.165) is 29.6 Å². The summed E-state index contributed by atoms with van der Waals surface area (Å²) in [5.74, 6) is -0.290. The first-order chi connectivity index (χ1) is 12.0. The number of para-hydroxylation sites is 1. The van der Waals surface area contributed by atoms with Crippen LogP contribution < -0.4 is 5.32 Å². The highest BCUT2D eigenvalue weighted by Gasteiger charge is 2.58. The van der Waals surface area contributed by atoms with E-state index >= 15 is 0 Å². The van der Waals surface area contributed by atoms with Crippen molar-refractivity contribution in [2.75, 3.05) is 31.5 Å². The molecule has 3 amide bonds. The van der Waals surface area contributed by atoms with Gasteiger partial charge in [0.25, 0.3) is 0 Å². The number of aryl methyl sites for hydroxylation is 2. The first-order valence-corrected chi connectivity index (χ1v) is 8.90. The molecular formula is C19H25N3O3. The van der Waals surface area contributed by atoms with Crippen LogP contribution in [-0.2, 0) is 20.8 Å². The fourth-order valence-corrected chi connectivity index (χ4v) is 3.43. The van der Waals surface area contributed by atoms with E-state index in [9.17, 15) is 14.4 Å². The van der Waals surface area contributed by atoms with E-state index in [1.54, 1.807) is 9.80 Å². The summed E-state index contributed by atoms with van der Waals surface area (Å²) in [6, 6.07) is 5.95. The van der Waals surface area contributed by atoms with Gasteiger partial charge in [0, 0.05) is 31.9 Å². The van der Waals surface area contributed by atoms with Crippen LogP contribution in [0.3, 0.4) is 0 Å². The van der Waals surface area contributed by atoms with Crippen LogP contribution >= 0.6 is 0 Å². The Morgan fingerprint density at radius 1 is 1.20 bits per heavy atom. The highest BCUT2D eigenvalue weighted by atomic mass is 16.2. The number of piperazine rings is 1. The maximum Gasteiger partial charge on any atom is 0.240 e. The van der Waals surface area contributed by atoms with E-state index < -0.39 is 5.41 Å². The topological polar surface area (TPSA) is 69.7 Å². The summed E-state index contributed by atoms with van der Waals surface area (Å²) >= 11 is 0. The molecular weight excluding hydrogens is 318 g/mol. The van der Waals surface area contributed by atoms with E-state index in [-0.39, 0.29) is 11.8 Å². The molecule has 6 heteroatoms. The Kier molecular flexibility index (Phi) is 4.79. The summed E-state index contributed by atoms with van der Waals surface area (Å²) in [6.07, 6.45) is 2.83. The second-order valence-electron chi connectivity index (χ2n) is 6.93. The molecule has 134 valence electrons. The van der Waals surface area contributed by atoms with Gasteiger partial charge in [-0.1, -0.05) is 25.1 Å². The molecule has 0 aromatic heterocycles. The number of hydrogen-bond acceptors (Lipinski definition) is 3. The normalized spacial score (nSPS) is 18.6. The Hall–Kier alpha value is -2.37. The average Bonchev–Trinajstić information content (AvgIpc) is 3.44. The fraction of sp³-hybridized carbons (Fsp3) is 0.526. The molecule has 1 heterocycles. The van der Waals surface area contributed by atoms with Crippen molar-refractivity contribution in [2.24, 2.45) is 5.41 Å². The molecule has 1 aliphatic heterocycles. The van der Waals surface area contributed by atoms with Gasteiger partial charge in [-0.3, -0.25) is 14.4 Å². The smallest absolute Gasteiger partial charge is 0.240 e. The molecule has 3 rings (SSSR count). The molecule has 2 fully saturated rings. The lowest BCUT2D eigenvalue weighted by atomic mass is 10.0. The third-order valence-corrected chi connectivity index (χ3v) is 5.32. The zero-order chi connectivity index (χ0) is 18.0. The Bertz CT molecular complexity index is 689. The molecule has 1 aromatic carbocycles. The molecule has 0 unspecified atom stereocenters. The average molecular weight is 343 g/mol. The van der Waals surface area contributed by atoms with E-state index in [1.165, 1.54) is 0 Å². The molecule has 1 N–H and O–H groups in total. The minimum atomic E-state index is -0.920. The van der Waals surface area contributed by atoms with Crippen molar-refractivity contribution >= 4 is 23.9 Å². The maximum absolute atomic E-state index is 12.9. The summed E-state index contributed by atoms with van der Waals surface area (Å²) in [5, 5.41) is 3.02. The number of carbonyl (C=O) groups is 3. The number of hydrogen-bond donors (Lipinski definition) is 1. The predicted molar refractivity (Wildman–Crippen MR) is 95.1 cm³/mol. The lowest BCUT2D eigenvalue weighted by Crippen LogP contribution is -2.52. The van der Waals surface area contributed by atoms with Crippen molar-refractivity contribution in [1.29, 1.82) is 0 Å². The summed E-state index contributed by atoms with van der Waals surface area (Å²) in [6.45, 7) is 6.08. The molecule has 25 heavy (non-hydrogen) atoms. The Balaban J connectivity index is 1.72. The second kappa shape index (κ2) is 6.86. The van der Waals surface area contributed by atoms with Gasteiger partial charge in [0.05, 0.1) is 0 Å². The molecule has 6 nitrogen and oxygen atoms in total. The van der Waals surface area contributed by atoms with Gasteiger partial charge in [0.2, 0.25) is 18.2 Å². The van der Waals surface area contributed by atoms with E-state index in [4.69, 9.17) is 0 Å². The van der Waals surface area contributed by atoms with Gasteiger partial charge in [-0.15, -0.1) is 0 Å². The van der Waals surface area contributed by atoms with E-state index in [1.807, 2.05) is 25.1 Å². The zero-order valence-electron chi connectivity index (χ0n) is 14.9. The highest BCUT2D eigenvalue weighted by molar-refractivity contribution is 6.13. The van der Waals surface area contributed by atoms with Gasteiger partial charge >= 0.3 is 0 Å². The molecule has 0 radical (unpaired) electrons. The first-order valence-electron chi connectivity index (χ1n) is 8.90. The van der Waals surface area contributed by atoms with Crippen LogP contribution in [0, 0.1) is 12.3 Å². The van der Waals surface area contributed by atoms with E-state index in [2.05, 4.69) is 12.2 Å². The van der Waals surface area contributed by atoms with Crippen molar-refractivity contribution in [2.45, 2.75) is 33.1 Å². The zero-order valence-corrected chi connectivity index (χ0v) is 14.9. The lowest BCUT2D eigenvalue weighted by molar-refractivity contribution is -0.144. The molecule has 2 aliphatic rings. The van der Waals surface area contributed by atoms with Crippen molar-refractivity contribution in [3.63, 3.8) is 0 Å². The fourth-order valence-electron chi connectivity index (χ4n) is 3.43. The van der Waals surface area contributed by atoms with Crippen LogP contribution in [0.4, 0.5) is 5.69 Å². The van der Waals surface area contributed by atoms with E-state index in [0.29, 0.717) is 39.0 Å². The summed E-state index contributed by atoms with van der Waals surface area (Å²) in [7, 11) is 0. The number of nitrogens with one attached hydrogen (secondary N) is 1. The molecule has 1 aromatic rings. The van der Waals surface area contributed by atoms with Crippen LogP contribution in [0.15, 0.2) is 18.2 Å². The van der Waals surface area contributed by atoms with Crippen LogP contribution in [0.1, 0.15) is 30.9 Å². The van der Waals surface area contributed by atoms with Crippen molar-refractivity contribution < 1.29 is 14.4 Å². The number of carbonyl (C=O) groups excluding carboxylic acids is 3. The third-order valence-electron chi connectivity index (χ3n) is 5.32. The van der Waals surface area contributed by atoms with Crippen LogP contribution in [-0.4, -0.2) is 54.2 Å².